The lowest BCUT2D eigenvalue weighted by Crippen LogP contribution is -2.43. The van der Waals surface area contributed by atoms with Crippen molar-refractivity contribution in [2.45, 2.75) is 18.9 Å². The van der Waals surface area contributed by atoms with Crippen LogP contribution in [-0.2, 0) is 4.79 Å². The maximum Gasteiger partial charge on any atom is 0.228 e. The molecule has 6 rings (SSSR count). The summed E-state index contributed by atoms with van der Waals surface area (Å²) >= 11 is 0. The minimum Gasteiger partial charge on any atom is -0.495 e. The average molecular weight is 470 g/mol. The number of hydrogen-bond donors (Lipinski definition) is 3. The molecule has 9 heteroatoms. The van der Waals surface area contributed by atoms with Gasteiger partial charge in [0, 0.05) is 77.7 Å². The SMILES string of the molecule is CNc1ncc(-c2cccc(-c3cnn(C4CNC4)c3)c2OC)c2cc(NC(=O)C3CC3)ncc12. The molecule has 3 aromatic heterocycles. The number of ether oxygens (including phenoxy) is 1. The molecule has 2 fully saturated rings. The van der Waals surface area contributed by atoms with E-state index in [0.29, 0.717) is 11.9 Å². The molecule has 2 aliphatic rings. The van der Waals surface area contributed by atoms with Gasteiger partial charge in [-0.15, -0.1) is 0 Å². The Bertz CT molecular complexity index is 1420. The highest BCUT2D eigenvalue weighted by Gasteiger charge is 2.30. The Morgan fingerprint density at radius 3 is 2.63 bits per heavy atom. The Hall–Kier alpha value is -3.98. The first-order chi connectivity index (χ1) is 17.2. The molecule has 0 unspecified atom stereocenters. The van der Waals surface area contributed by atoms with E-state index < -0.39 is 0 Å². The monoisotopic (exact) mass is 469 g/mol. The number of hydrogen-bond acceptors (Lipinski definition) is 7. The van der Waals surface area contributed by atoms with Gasteiger partial charge >= 0.3 is 0 Å². The van der Waals surface area contributed by atoms with Crippen molar-refractivity contribution in [2.24, 2.45) is 5.92 Å². The minimum absolute atomic E-state index is 0.0274. The zero-order valence-corrected chi connectivity index (χ0v) is 19.7. The Morgan fingerprint density at radius 2 is 1.91 bits per heavy atom. The zero-order valence-electron chi connectivity index (χ0n) is 19.7. The van der Waals surface area contributed by atoms with Crippen LogP contribution in [0.3, 0.4) is 0 Å². The molecule has 0 radical (unpaired) electrons. The van der Waals surface area contributed by atoms with E-state index in [1.54, 1.807) is 13.3 Å². The van der Waals surface area contributed by atoms with E-state index in [0.717, 1.165) is 70.5 Å². The van der Waals surface area contributed by atoms with Gasteiger partial charge < -0.3 is 20.7 Å². The van der Waals surface area contributed by atoms with E-state index in [1.807, 2.05) is 48.4 Å². The Balaban J connectivity index is 1.46. The fourth-order valence-corrected chi connectivity index (χ4v) is 4.52. The molecule has 1 aromatic carbocycles. The molecule has 1 saturated carbocycles. The summed E-state index contributed by atoms with van der Waals surface area (Å²) in [6.45, 7) is 1.86. The van der Waals surface area contributed by atoms with Gasteiger partial charge in [-0.05, 0) is 18.9 Å². The highest BCUT2D eigenvalue weighted by atomic mass is 16.5. The van der Waals surface area contributed by atoms with Crippen molar-refractivity contribution >= 4 is 28.3 Å². The maximum atomic E-state index is 12.4. The van der Waals surface area contributed by atoms with Crippen molar-refractivity contribution < 1.29 is 9.53 Å². The molecular formula is C26H27N7O2. The van der Waals surface area contributed by atoms with Gasteiger partial charge in [-0.3, -0.25) is 9.48 Å². The Morgan fingerprint density at radius 1 is 1.09 bits per heavy atom. The van der Waals surface area contributed by atoms with Gasteiger partial charge in [-0.2, -0.15) is 5.10 Å². The van der Waals surface area contributed by atoms with E-state index in [2.05, 4.69) is 37.2 Å². The third-order valence-corrected chi connectivity index (χ3v) is 6.76. The second-order valence-electron chi connectivity index (χ2n) is 9.06. The number of para-hydroxylation sites is 1. The van der Waals surface area contributed by atoms with Gasteiger partial charge in [0.25, 0.3) is 0 Å². The first-order valence-electron chi connectivity index (χ1n) is 11.9. The second kappa shape index (κ2) is 8.66. The van der Waals surface area contributed by atoms with Crippen LogP contribution in [-0.4, -0.2) is 52.9 Å². The van der Waals surface area contributed by atoms with Gasteiger partial charge in [0.1, 0.15) is 17.4 Å². The van der Waals surface area contributed by atoms with Gasteiger partial charge in [-0.25, -0.2) is 9.97 Å². The van der Waals surface area contributed by atoms with E-state index in [-0.39, 0.29) is 11.8 Å². The quantitative estimate of drug-likeness (QED) is 0.379. The summed E-state index contributed by atoms with van der Waals surface area (Å²) in [4.78, 5) is 21.5. The van der Waals surface area contributed by atoms with Crippen LogP contribution in [0.5, 0.6) is 5.75 Å². The van der Waals surface area contributed by atoms with Gasteiger partial charge in [0.05, 0.1) is 19.3 Å². The molecule has 178 valence electrons. The van der Waals surface area contributed by atoms with Crippen LogP contribution in [0.15, 0.2) is 49.1 Å². The van der Waals surface area contributed by atoms with Gasteiger partial charge in [-0.1, -0.05) is 18.2 Å². The van der Waals surface area contributed by atoms with Crippen LogP contribution in [0.25, 0.3) is 33.0 Å². The smallest absolute Gasteiger partial charge is 0.228 e. The molecule has 35 heavy (non-hydrogen) atoms. The summed E-state index contributed by atoms with van der Waals surface area (Å²) in [5.41, 5.74) is 3.77. The van der Waals surface area contributed by atoms with Crippen molar-refractivity contribution in [1.82, 2.24) is 25.1 Å². The lowest BCUT2D eigenvalue weighted by Gasteiger charge is -2.27. The van der Waals surface area contributed by atoms with E-state index in [4.69, 9.17) is 4.74 Å². The normalized spacial score (nSPS) is 15.6. The minimum atomic E-state index is 0.0274. The van der Waals surface area contributed by atoms with Crippen molar-refractivity contribution in [3.8, 4) is 28.0 Å². The summed E-state index contributed by atoms with van der Waals surface area (Å²) in [6.07, 6.45) is 9.43. The van der Waals surface area contributed by atoms with E-state index in [1.165, 1.54) is 0 Å². The van der Waals surface area contributed by atoms with Gasteiger partial charge in [0.15, 0.2) is 0 Å². The number of aromatic nitrogens is 4. The third-order valence-electron chi connectivity index (χ3n) is 6.76. The first-order valence-corrected chi connectivity index (χ1v) is 11.9. The summed E-state index contributed by atoms with van der Waals surface area (Å²) in [6, 6.07) is 8.40. The first kappa shape index (κ1) is 21.5. The number of carbonyl (C=O) groups excluding carboxylic acids is 1. The summed E-state index contributed by atoms with van der Waals surface area (Å²) < 4.78 is 7.97. The predicted octanol–water partition coefficient (Wildman–Crippen LogP) is 3.70. The molecule has 3 N–H and O–H groups in total. The number of carbonyl (C=O) groups is 1. The number of methoxy groups -OCH3 is 1. The molecule has 4 heterocycles. The molecule has 0 bridgehead atoms. The third kappa shape index (κ3) is 3.87. The maximum absolute atomic E-state index is 12.4. The molecular weight excluding hydrogens is 442 g/mol. The molecule has 9 nitrogen and oxygen atoms in total. The number of anilines is 2. The number of pyridine rings is 2. The van der Waals surface area contributed by atoms with Crippen LogP contribution >= 0.6 is 0 Å². The van der Waals surface area contributed by atoms with E-state index >= 15 is 0 Å². The Kier molecular flexibility index (Phi) is 5.33. The number of fused-ring (bicyclic) bond motifs is 1. The fourth-order valence-electron chi connectivity index (χ4n) is 4.52. The lowest BCUT2D eigenvalue weighted by atomic mass is 9.96. The molecule has 1 aliphatic carbocycles. The molecule has 0 spiro atoms. The number of benzene rings is 1. The molecule has 1 aliphatic heterocycles. The highest BCUT2D eigenvalue weighted by Crippen LogP contribution is 2.42. The van der Waals surface area contributed by atoms with Crippen LogP contribution in [0.1, 0.15) is 18.9 Å². The van der Waals surface area contributed by atoms with E-state index in [9.17, 15) is 4.79 Å². The zero-order chi connectivity index (χ0) is 23.9. The largest absolute Gasteiger partial charge is 0.495 e. The molecule has 0 atom stereocenters. The van der Waals surface area contributed by atoms with Crippen molar-refractivity contribution in [2.75, 3.05) is 37.9 Å². The summed E-state index contributed by atoms with van der Waals surface area (Å²) in [7, 11) is 3.52. The summed E-state index contributed by atoms with van der Waals surface area (Å²) in [5.74, 6) is 2.14. The predicted molar refractivity (Wildman–Crippen MR) is 136 cm³/mol. The van der Waals surface area contributed by atoms with Crippen molar-refractivity contribution in [3.05, 3.63) is 49.1 Å². The van der Waals surface area contributed by atoms with Crippen LogP contribution in [0.2, 0.25) is 0 Å². The van der Waals surface area contributed by atoms with Crippen molar-refractivity contribution in [3.63, 3.8) is 0 Å². The number of amides is 1. The molecule has 4 aromatic rings. The van der Waals surface area contributed by atoms with Gasteiger partial charge in [0.2, 0.25) is 5.91 Å². The number of nitrogens with one attached hydrogen (secondary N) is 3. The second-order valence-corrected chi connectivity index (χ2v) is 9.06. The molecule has 1 saturated heterocycles. The lowest BCUT2D eigenvalue weighted by molar-refractivity contribution is -0.117. The topological polar surface area (TPSA) is 106 Å². The molecule has 1 amide bonds. The number of rotatable bonds is 7. The van der Waals surface area contributed by atoms with Crippen LogP contribution in [0.4, 0.5) is 11.6 Å². The average Bonchev–Trinajstić information content (AvgIpc) is 3.60. The Labute approximate surface area is 202 Å². The standard InChI is InChI=1S/C26H27N7O2/c1-27-25-22-13-29-23(32-26(34)15-6-7-15)8-20(22)21(12-30-25)19-5-3-4-18(24(19)35-2)16-9-31-33(14-16)17-10-28-11-17/h3-5,8-9,12-15,17,28H,6-7,10-11H2,1-2H3,(H,27,30)(H,29,32,34). The van der Waals surface area contributed by atoms with Crippen molar-refractivity contribution in [1.29, 1.82) is 0 Å². The summed E-state index contributed by atoms with van der Waals surface area (Å²) in [5, 5.41) is 15.8. The number of nitrogens with zero attached hydrogens (tertiary/aromatic N) is 4. The van der Waals surface area contributed by atoms with Crippen LogP contribution in [0, 0.1) is 5.92 Å². The van der Waals surface area contributed by atoms with Crippen LogP contribution < -0.4 is 20.7 Å². The highest BCUT2D eigenvalue weighted by molar-refractivity contribution is 6.05. The fraction of sp³-hybridized carbons (Fsp3) is 0.308.